The average Bonchev–Trinajstić information content (AvgIpc) is 3.39. The molecule has 208 valence electrons. The van der Waals surface area contributed by atoms with Gasteiger partial charge in [0.05, 0.1) is 38.3 Å². The SMILES string of the molecule is CC.CCN1C(=O)N2Cc3cc(OC)cc(OC)c3CC/C=C\2C1(C)CCN(C)C(=O)Nc1ccoc1C. The van der Waals surface area contributed by atoms with Gasteiger partial charge in [0.2, 0.25) is 0 Å². The highest BCUT2D eigenvalue weighted by Gasteiger charge is 2.50. The normalized spacial score (nSPS) is 19.7. The van der Waals surface area contributed by atoms with Gasteiger partial charge < -0.3 is 29.0 Å². The van der Waals surface area contributed by atoms with E-state index in [1.54, 1.807) is 45.4 Å². The van der Waals surface area contributed by atoms with E-state index in [2.05, 4.69) is 18.3 Å². The van der Waals surface area contributed by atoms with E-state index in [9.17, 15) is 9.59 Å². The number of rotatable bonds is 7. The van der Waals surface area contributed by atoms with E-state index in [1.165, 1.54) is 0 Å². The smallest absolute Gasteiger partial charge is 0.325 e. The van der Waals surface area contributed by atoms with Crippen LogP contribution in [0.2, 0.25) is 0 Å². The van der Waals surface area contributed by atoms with Crippen LogP contribution < -0.4 is 14.8 Å². The molecular formula is C29H42N4O5. The Kier molecular flexibility index (Phi) is 9.36. The molecule has 9 nitrogen and oxygen atoms in total. The summed E-state index contributed by atoms with van der Waals surface area (Å²) in [5.41, 5.74) is 3.23. The minimum Gasteiger partial charge on any atom is -0.497 e. The molecule has 0 spiro atoms. The van der Waals surface area contributed by atoms with E-state index >= 15 is 0 Å². The quantitative estimate of drug-likeness (QED) is 0.476. The lowest BCUT2D eigenvalue weighted by Crippen LogP contribution is -2.46. The summed E-state index contributed by atoms with van der Waals surface area (Å²) in [5.74, 6) is 2.15. The highest BCUT2D eigenvalue weighted by Crippen LogP contribution is 2.42. The number of furan rings is 1. The number of carbonyl (C=O) groups excluding carboxylic acids is 2. The Balaban J connectivity index is 0.00000195. The van der Waals surface area contributed by atoms with Crippen LogP contribution in [0, 0.1) is 6.92 Å². The number of urea groups is 2. The molecule has 1 unspecified atom stereocenters. The number of amides is 4. The van der Waals surface area contributed by atoms with E-state index in [1.807, 2.05) is 42.7 Å². The number of carbonyl (C=O) groups is 2. The topological polar surface area (TPSA) is 87.5 Å². The Bertz CT molecular complexity index is 1170. The molecular weight excluding hydrogens is 484 g/mol. The lowest BCUT2D eigenvalue weighted by atomic mass is 9.89. The predicted octanol–water partition coefficient (Wildman–Crippen LogP) is 6.03. The van der Waals surface area contributed by atoms with Gasteiger partial charge in [-0.15, -0.1) is 0 Å². The van der Waals surface area contributed by atoms with Crippen LogP contribution in [0.5, 0.6) is 11.5 Å². The molecule has 38 heavy (non-hydrogen) atoms. The van der Waals surface area contributed by atoms with Gasteiger partial charge in [-0.2, -0.15) is 0 Å². The number of likely N-dealkylation sites (N-methyl/N-ethyl adjacent to an activating group) is 1. The van der Waals surface area contributed by atoms with Crippen molar-refractivity contribution in [2.45, 2.75) is 66.0 Å². The number of hydrogen-bond donors (Lipinski definition) is 1. The van der Waals surface area contributed by atoms with Gasteiger partial charge >= 0.3 is 12.1 Å². The van der Waals surface area contributed by atoms with Crippen LogP contribution in [-0.4, -0.2) is 66.7 Å². The zero-order valence-electron chi connectivity index (χ0n) is 24.0. The summed E-state index contributed by atoms with van der Waals surface area (Å²) in [6.45, 7) is 11.4. The zero-order valence-corrected chi connectivity index (χ0v) is 24.0. The lowest BCUT2D eigenvalue weighted by molar-refractivity contribution is 0.159. The lowest BCUT2D eigenvalue weighted by Gasteiger charge is -2.35. The second-order valence-corrected chi connectivity index (χ2v) is 9.47. The van der Waals surface area contributed by atoms with Gasteiger partial charge in [0.25, 0.3) is 0 Å². The number of anilines is 1. The van der Waals surface area contributed by atoms with E-state index in [-0.39, 0.29) is 12.1 Å². The number of hydrogen-bond acceptors (Lipinski definition) is 5. The Hall–Kier alpha value is -3.62. The van der Waals surface area contributed by atoms with Crippen LogP contribution in [0.4, 0.5) is 15.3 Å². The van der Waals surface area contributed by atoms with Crippen molar-refractivity contribution < 1.29 is 23.5 Å². The Morgan fingerprint density at radius 3 is 2.58 bits per heavy atom. The summed E-state index contributed by atoms with van der Waals surface area (Å²) < 4.78 is 16.4. The second-order valence-electron chi connectivity index (χ2n) is 9.47. The Morgan fingerprint density at radius 2 is 1.97 bits per heavy atom. The van der Waals surface area contributed by atoms with Crippen LogP contribution in [0.1, 0.15) is 57.4 Å². The van der Waals surface area contributed by atoms with Crippen molar-refractivity contribution in [3.8, 4) is 11.5 Å². The van der Waals surface area contributed by atoms with Crippen molar-refractivity contribution in [2.75, 3.05) is 39.7 Å². The third-order valence-electron chi connectivity index (χ3n) is 7.39. The molecule has 2 aliphatic rings. The van der Waals surface area contributed by atoms with Gasteiger partial charge in [-0.3, -0.25) is 4.90 Å². The molecule has 9 heteroatoms. The maximum absolute atomic E-state index is 13.6. The minimum absolute atomic E-state index is 0.0259. The molecule has 0 saturated carbocycles. The van der Waals surface area contributed by atoms with Crippen molar-refractivity contribution in [1.29, 1.82) is 0 Å². The van der Waals surface area contributed by atoms with E-state index < -0.39 is 5.54 Å². The van der Waals surface area contributed by atoms with Crippen LogP contribution >= 0.6 is 0 Å². The third kappa shape index (κ3) is 5.47. The molecule has 0 aliphatic carbocycles. The van der Waals surface area contributed by atoms with Gasteiger partial charge in [-0.25, -0.2) is 9.59 Å². The Labute approximate surface area is 226 Å². The molecule has 0 bridgehead atoms. The number of fused-ring (bicyclic) bond motifs is 2. The van der Waals surface area contributed by atoms with Crippen LogP contribution in [-0.2, 0) is 13.0 Å². The van der Waals surface area contributed by atoms with Crippen molar-refractivity contribution >= 4 is 17.7 Å². The maximum atomic E-state index is 13.6. The predicted molar refractivity (Wildman–Crippen MR) is 149 cm³/mol. The molecule has 1 fully saturated rings. The molecule has 0 radical (unpaired) electrons. The minimum atomic E-state index is -0.535. The fourth-order valence-electron chi connectivity index (χ4n) is 5.25. The van der Waals surface area contributed by atoms with Crippen LogP contribution in [0.3, 0.4) is 0 Å². The molecule has 4 rings (SSSR count). The maximum Gasteiger partial charge on any atom is 0.325 e. The molecule has 1 aromatic carbocycles. The van der Waals surface area contributed by atoms with Gasteiger partial charge in [0.1, 0.15) is 17.3 Å². The van der Waals surface area contributed by atoms with E-state index in [0.717, 1.165) is 35.4 Å². The van der Waals surface area contributed by atoms with Crippen molar-refractivity contribution in [2.24, 2.45) is 0 Å². The largest absolute Gasteiger partial charge is 0.497 e. The molecule has 4 amide bonds. The molecule has 1 atom stereocenters. The van der Waals surface area contributed by atoms with Crippen LogP contribution in [0.15, 0.2) is 40.7 Å². The second kappa shape index (κ2) is 12.3. The van der Waals surface area contributed by atoms with E-state index in [0.29, 0.717) is 43.3 Å². The summed E-state index contributed by atoms with van der Waals surface area (Å²) in [5, 5.41) is 2.88. The van der Waals surface area contributed by atoms with E-state index in [4.69, 9.17) is 13.9 Å². The zero-order chi connectivity index (χ0) is 28.0. The van der Waals surface area contributed by atoms with Gasteiger partial charge in [-0.05, 0) is 57.2 Å². The average molecular weight is 527 g/mol. The number of benzene rings is 1. The molecule has 2 aromatic rings. The third-order valence-corrected chi connectivity index (χ3v) is 7.39. The number of aryl methyl sites for hydroxylation is 1. The number of ether oxygens (including phenoxy) is 2. The molecule has 2 aliphatic heterocycles. The van der Waals surface area contributed by atoms with Gasteiger partial charge in [0, 0.05) is 38.0 Å². The summed E-state index contributed by atoms with van der Waals surface area (Å²) >= 11 is 0. The Morgan fingerprint density at radius 1 is 1.24 bits per heavy atom. The van der Waals surface area contributed by atoms with Crippen molar-refractivity contribution in [3.63, 3.8) is 0 Å². The monoisotopic (exact) mass is 526 g/mol. The molecule has 1 saturated heterocycles. The first kappa shape index (κ1) is 28.9. The van der Waals surface area contributed by atoms with Crippen molar-refractivity contribution in [3.05, 3.63) is 53.1 Å². The summed E-state index contributed by atoms with van der Waals surface area (Å²) in [4.78, 5) is 31.8. The van der Waals surface area contributed by atoms with Crippen molar-refractivity contribution in [1.82, 2.24) is 14.7 Å². The fraction of sp³-hybridized carbons (Fsp3) is 0.517. The first-order valence-electron chi connectivity index (χ1n) is 13.3. The van der Waals surface area contributed by atoms with Gasteiger partial charge in [-0.1, -0.05) is 19.9 Å². The van der Waals surface area contributed by atoms with Gasteiger partial charge in [0.15, 0.2) is 0 Å². The number of nitrogens with one attached hydrogen (secondary N) is 1. The number of nitrogens with zero attached hydrogens (tertiary/aromatic N) is 3. The molecule has 3 heterocycles. The summed E-state index contributed by atoms with van der Waals surface area (Å²) in [6.07, 6.45) is 5.92. The molecule has 1 N–H and O–H groups in total. The first-order valence-corrected chi connectivity index (χ1v) is 13.3. The summed E-state index contributed by atoms with van der Waals surface area (Å²) in [7, 11) is 5.06. The highest BCUT2D eigenvalue weighted by molar-refractivity contribution is 5.89. The summed E-state index contributed by atoms with van der Waals surface area (Å²) in [6, 6.07) is 5.38. The standard InChI is InChI=1S/C27H36N4O5.C2H6/c1-7-31-26(33)30-17-19-15-20(34-5)16-23(35-6)21(19)9-8-10-24(30)27(31,3)12-13-29(4)25(32)28-22-11-14-36-18(22)2;1-2/h10-11,14-16H,7-9,12-13,17H2,1-6H3,(H,28,32);1-2H3/b24-10-;. The number of methoxy groups -OCH3 is 2. The fourth-order valence-corrected chi connectivity index (χ4v) is 5.25. The van der Waals surface area contributed by atoms with Crippen LogP contribution in [0.25, 0.3) is 0 Å². The molecule has 1 aromatic heterocycles. The first-order chi connectivity index (χ1) is 18.2. The number of allylic oxidation sites excluding steroid dienone is 1. The highest BCUT2D eigenvalue weighted by atomic mass is 16.5.